The van der Waals surface area contributed by atoms with E-state index in [1.165, 1.54) is 63.1 Å². The molecule has 3 heteroatoms. The number of hydrogen-bond acceptors (Lipinski definition) is 3. The quantitative estimate of drug-likeness (QED) is 0.853. The van der Waals surface area contributed by atoms with Gasteiger partial charge in [-0.05, 0) is 49.8 Å². The molecule has 3 fully saturated rings. The van der Waals surface area contributed by atoms with E-state index in [-0.39, 0.29) is 0 Å². The summed E-state index contributed by atoms with van der Waals surface area (Å²) in [7, 11) is 0. The van der Waals surface area contributed by atoms with Crippen LogP contribution in [0.25, 0.3) is 0 Å². The standard InChI is InChI=1S/C16H30N2S/c1-16(2)9-15(11-19-12-16)18(14-6-7-14)10-13-5-3-4-8-17-13/h13-15,17H,3-12H2,1-2H3. The van der Waals surface area contributed by atoms with E-state index in [4.69, 9.17) is 0 Å². The van der Waals surface area contributed by atoms with Gasteiger partial charge >= 0.3 is 0 Å². The van der Waals surface area contributed by atoms with Crippen LogP contribution in [0.15, 0.2) is 0 Å². The zero-order valence-corrected chi connectivity index (χ0v) is 13.5. The topological polar surface area (TPSA) is 15.3 Å². The summed E-state index contributed by atoms with van der Waals surface area (Å²) in [6, 6.07) is 2.53. The van der Waals surface area contributed by atoms with Gasteiger partial charge in [0.25, 0.3) is 0 Å². The van der Waals surface area contributed by atoms with E-state index in [9.17, 15) is 0 Å². The molecule has 0 amide bonds. The van der Waals surface area contributed by atoms with Gasteiger partial charge < -0.3 is 5.32 Å². The second-order valence-corrected chi connectivity index (χ2v) is 8.64. The molecule has 2 atom stereocenters. The Morgan fingerprint density at radius 2 is 2.00 bits per heavy atom. The maximum absolute atomic E-state index is 3.74. The van der Waals surface area contributed by atoms with Gasteiger partial charge in [-0.3, -0.25) is 4.90 Å². The van der Waals surface area contributed by atoms with Crippen molar-refractivity contribution in [3.05, 3.63) is 0 Å². The first-order chi connectivity index (χ1) is 9.14. The zero-order valence-electron chi connectivity index (χ0n) is 12.7. The van der Waals surface area contributed by atoms with Crippen molar-refractivity contribution in [2.45, 2.75) is 70.5 Å². The number of piperidine rings is 1. The molecule has 19 heavy (non-hydrogen) atoms. The highest BCUT2D eigenvalue weighted by atomic mass is 32.2. The van der Waals surface area contributed by atoms with Crippen LogP contribution in [0.1, 0.15) is 52.4 Å². The number of thioether (sulfide) groups is 1. The molecule has 2 unspecified atom stereocenters. The van der Waals surface area contributed by atoms with Crippen molar-refractivity contribution in [3.63, 3.8) is 0 Å². The minimum absolute atomic E-state index is 0.542. The predicted octanol–water partition coefficient (Wildman–Crippen LogP) is 3.12. The molecule has 0 aromatic heterocycles. The van der Waals surface area contributed by atoms with Crippen molar-refractivity contribution in [1.82, 2.24) is 10.2 Å². The fourth-order valence-corrected chi connectivity index (χ4v) is 5.15. The van der Waals surface area contributed by atoms with E-state index < -0.39 is 0 Å². The van der Waals surface area contributed by atoms with Gasteiger partial charge in [0.1, 0.15) is 0 Å². The summed E-state index contributed by atoms with van der Waals surface area (Å²) >= 11 is 2.18. The highest BCUT2D eigenvalue weighted by molar-refractivity contribution is 7.99. The van der Waals surface area contributed by atoms with Crippen molar-refractivity contribution in [2.24, 2.45) is 5.41 Å². The molecule has 0 spiro atoms. The number of rotatable bonds is 4. The lowest BCUT2D eigenvalue weighted by atomic mass is 9.87. The monoisotopic (exact) mass is 282 g/mol. The van der Waals surface area contributed by atoms with Crippen molar-refractivity contribution in [2.75, 3.05) is 24.6 Å². The Morgan fingerprint density at radius 1 is 1.16 bits per heavy atom. The van der Waals surface area contributed by atoms with E-state index in [0.29, 0.717) is 5.41 Å². The summed E-state index contributed by atoms with van der Waals surface area (Å²) in [6.07, 6.45) is 8.52. The second-order valence-electron chi connectivity index (χ2n) is 7.61. The Morgan fingerprint density at radius 3 is 2.63 bits per heavy atom. The maximum Gasteiger partial charge on any atom is 0.0195 e. The fraction of sp³-hybridized carbons (Fsp3) is 1.00. The third kappa shape index (κ3) is 3.89. The normalized spacial score (nSPS) is 35.5. The average molecular weight is 282 g/mol. The van der Waals surface area contributed by atoms with Gasteiger partial charge in [-0.2, -0.15) is 11.8 Å². The van der Waals surface area contributed by atoms with Crippen LogP contribution in [-0.2, 0) is 0 Å². The minimum Gasteiger partial charge on any atom is -0.313 e. The van der Waals surface area contributed by atoms with Gasteiger partial charge in [0.05, 0.1) is 0 Å². The highest BCUT2D eigenvalue weighted by Gasteiger charge is 2.39. The smallest absolute Gasteiger partial charge is 0.0195 e. The van der Waals surface area contributed by atoms with Gasteiger partial charge in [0, 0.05) is 30.4 Å². The third-order valence-electron chi connectivity index (χ3n) is 4.92. The molecular weight excluding hydrogens is 252 g/mol. The summed E-state index contributed by atoms with van der Waals surface area (Å²) in [5, 5.41) is 3.74. The Labute approximate surface area is 123 Å². The van der Waals surface area contributed by atoms with Crippen molar-refractivity contribution in [1.29, 1.82) is 0 Å². The predicted molar refractivity (Wildman–Crippen MR) is 84.9 cm³/mol. The molecule has 3 rings (SSSR count). The molecule has 2 heterocycles. The highest BCUT2D eigenvalue weighted by Crippen LogP contribution is 2.39. The van der Waals surface area contributed by atoms with Gasteiger partial charge in [-0.1, -0.05) is 20.3 Å². The molecule has 2 saturated heterocycles. The lowest BCUT2D eigenvalue weighted by Crippen LogP contribution is -2.51. The lowest BCUT2D eigenvalue weighted by Gasteiger charge is -2.43. The third-order valence-corrected chi connectivity index (χ3v) is 6.53. The van der Waals surface area contributed by atoms with Crippen molar-refractivity contribution < 1.29 is 0 Å². The van der Waals surface area contributed by atoms with Crippen molar-refractivity contribution in [3.8, 4) is 0 Å². The summed E-state index contributed by atoms with van der Waals surface area (Å²) < 4.78 is 0. The average Bonchev–Trinajstić information content (AvgIpc) is 3.20. The van der Waals surface area contributed by atoms with Crippen LogP contribution < -0.4 is 5.32 Å². The molecule has 0 bridgehead atoms. The first-order valence-corrected chi connectivity index (χ1v) is 9.36. The van der Waals surface area contributed by atoms with E-state index in [2.05, 4.69) is 35.8 Å². The van der Waals surface area contributed by atoms with Gasteiger partial charge in [0.15, 0.2) is 0 Å². The number of hydrogen-bond donors (Lipinski definition) is 1. The molecule has 0 aromatic carbocycles. The Bertz CT molecular complexity index is 295. The summed E-state index contributed by atoms with van der Waals surface area (Å²) in [6.45, 7) is 7.46. The molecule has 3 aliphatic rings. The molecule has 0 aromatic rings. The molecule has 110 valence electrons. The SMILES string of the molecule is CC1(C)CSCC(N(CC2CCCCN2)C2CC2)C1. The van der Waals surface area contributed by atoms with Gasteiger partial charge in [-0.25, -0.2) is 0 Å². The lowest BCUT2D eigenvalue weighted by molar-refractivity contribution is 0.131. The molecular formula is C16H30N2S. The first kappa shape index (κ1) is 14.2. The van der Waals surface area contributed by atoms with E-state index in [1.54, 1.807) is 0 Å². The second kappa shape index (κ2) is 5.95. The molecule has 1 saturated carbocycles. The van der Waals surface area contributed by atoms with Gasteiger partial charge in [0.2, 0.25) is 0 Å². The van der Waals surface area contributed by atoms with Gasteiger partial charge in [-0.15, -0.1) is 0 Å². The summed E-state index contributed by atoms with van der Waals surface area (Å²) in [5.74, 6) is 2.72. The van der Waals surface area contributed by atoms with Crippen LogP contribution >= 0.6 is 11.8 Å². The maximum atomic E-state index is 3.74. The van der Waals surface area contributed by atoms with Crippen LogP contribution in [0.3, 0.4) is 0 Å². The largest absolute Gasteiger partial charge is 0.313 e. The number of nitrogens with zero attached hydrogens (tertiary/aromatic N) is 1. The Balaban J connectivity index is 1.60. The summed E-state index contributed by atoms with van der Waals surface area (Å²) in [5.41, 5.74) is 0.542. The minimum atomic E-state index is 0.542. The Kier molecular flexibility index (Phi) is 4.45. The van der Waals surface area contributed by atoms with E-state index in [0.717, 1.165) is 18.1 Å². The zero-order chi connectivity index (χ0) is 13.3. The van der Waals surface area contributed by atoms with Crippen LogP contribution in [0.5, 0.6) is 0 Å². The first-order valence-electron chi connectivity index (χ1n) is 8.21. The number of nitrogens with one attached hydrogen (secondary N) is 1. The molecule has 2 nitrogen and oxygen atoms in total. The van der Waals surface area contributed by atoms with Crippen LogP contribution in [0.2, 0.25) is 0 Å². The molecule has 2 aliphatic heterocycles. The Hall–Kier alpha value is 0.270. The van der Waals surface area contributed by atoms with Crippen LogP contribution in [0.4, 0.5) is 0 Å². The van der Waals surface area contributed by atoms with E-state index >= 15 is 0 Å². The van der Waals surface area contributed by atoms with E-state index in [1.807, 2.05) is 0 Å². The molecule has 0 radical (unpaired) electrons. The molecule has 1 aliphatic carbocycles. The summed E-state index contributed by atoms with van der Waals surface area (Å²) in [4.78, 5) is 2.89. The fourth-order valence-electron chi connectivity index (χ4n) is 3.78. The van der Waals surface area contributed by atoms with Crippen LogP contribution in [-0.4, -0.2) is 47.6 Å². The molecule has 1 N–H and O–H groups in total. The van der Waals surface area contributed by atoms with Crippen molar-refractivity contribution >= 4 is 11.8 Å². The van der Waals surface area contributed by atoms with Crippen LogP contribution in [0, 0.1) is 5.41 Å².